The number of benzene rings is 1. The van der Waals surface area contributed by atoms with Crippen LogP contribution in [0.3, 0.4) is 0 Å². The van der Waals surface area contributed by atoms with Crippen LogP contribution in [0.4, 0.5) is 9.18 Å². The highest BCUT2D eigenvalue weighted by molar-refractivity contribution is 5.88. The van der Waals surface area contributed by atoms with Crippen LogP contribution < -0.4 is 16.0 Å². The van der Waals surface area contributed by atoms with Crippen LogP contribution in [-0.2, 0) is 16.0 Å². The Kier molecular flexibility index (Phi) is 10.3. The summed E-state index contributed by atoms with van der Waals surface area (Å²) >= 11 is 0. The third-order valence-electron chi connectivity index (χ3n) is 9.28. The monoisotopic (exact) mass is 571 g/mol. The molecule has 2 saturated heterocycles. The van der Waals surface area contributed by atoms with Gasteiger partial charge in [-0.15, -0.1) is 0 Å². The standard InChI is InChI=1S/C32H50FN5O3/c1-5-26-22-38(20-17-34-26)30(41)35-27(21-23-11-13-25(33)14-12-23)28(39)37-18-15-32(16-19-37,24-9-7-6-8-10-24)29(40)36-31(2,3)4/h11-14,24,26-27,34H,5-10,15-22H2,1-4H3,(H,35,41)(H,36,40)/t26-,27+/m0/s1. The topological polar surface area (TPSA) is 93.8 Å². The number of hydrogen-bond donors (Lipinski definition) is 3. The largest absolute Gasteiger partial charge is 0.351 e. The first kappa shape index (κ1) is 31.3. The molecule has 0 radical (unpaired) electrons. The molecule has 228 valence electrons. The number of hydrogen-bond acceptors (Lipinski definition) is 4. The Hall–Kier alpha value is -2.68. The lowest BCUT2D eigenvalue weighted by Gasteiger charge is -2.48. The van der Waals surface area contributed by atoms with Crippen molar-refractivity contribution in [3.63, 3.8) is 0 Å². The van der Waals surface area contributed by atoms with Crippen LogP contribution in [0.25, 0.3) is 0 Å². The molecule has 3 fully saturated rings. The summed E-state index contributed by atoms with van der Waals surface area (Å²) in [6, 6.07) is 5.32. The molecule has 0 bridgehead atoms. The van der Waals surface area contributed by atoms with Gasteiger partial charge in [0.15, 0.2) is 0 Å². The summed E-state index contributed by atoms with van der Waals surface area (Å²) in [6.45, 7) is 11.0. The van der Waals surface area contributed by atoms with Crippen molar-refractivity contribution in [1.82, 2.24) is 25.8 Å². The maximum atomic E-state index is 14.0. The minimum Gasteiger partial charge on any atom is -0.351 e. The van der Waals surface area contributed by atoms with E-state index in [2.05, 4.69) is 22.9 Å². The number of carbonyl (C=O) groups is 3. The highest BCUT2D eigenvalue weighted by atomic mass is 19.1. The molecule has 3 N–H and O–H groups in total. The van der Waals surface area contributed by atoms with Gasteiger partial charge >= 0.3 is 6.03 Å². The first-order valence-corrected chi connectivity index (χ1v) is 15.7. The Bertz CT molecular complexity index is 1040. The minimum atomic E-state index is -0.770. The molecular formula is C32H50FN5O3. The van der Waals surface area contributed by atoms with Crippen molar-refractivity contribution in [3.8, 4) is 0 Å². The van der Waals surface area contributed by atoms with Gasteiger partial charge in [-0.25, -0.2) is 9.18 Å². The fourth-order valence-electron chi connectivity index (χ4n) is 6.87. The van der Waals surface area contributed by atoms with Gasteiger partial charge < -0.3 is 25.8 Å². The summed E-state index contributed by atoms with van der Waals surface area (Å²) in [6.07, 6.45) is 8.06. The number of halogens is 1. The minimum absolute atomic E-state index is 0.115. The van der Waals surface area contributed by atoms with Gasteiger partial charge in [-0.1, -0.05) is 38.3 Å². The smallest absolute Gasteiger partial charge is 0.318 e. The van der Waals surface area contributed by atoms with E-state index in [0.717, 1.165) is 37.7 Å². The summed E-state index contributed by atoms with van der Waals surface area (Å²) in [5, 5.41) is 9.70. The molecule has 0 unspecified atom stereocenters. The number of piperidine rings is 1. The zero-order valence-corrected chi connectivity index (χ0v) is 25.4. The van der Waals surface area contributed by atoms with Crippen molar-refractivity contribution in [3.05, 3.63) is 35.6 Å². The zero-order valence-electron chi connectivity index (χ0n) is 25.4. The Morgan fingerprint density at radius 2 is 1.68 bits per heavy atom. The van der Waals surface area contributed by atoms with Crippen molar-refractivity contribution in [2.75, 3.05) is 32.7 Å². The molecule has 41 heavy (non-hydrogen) atoms. The Balaban J connectivity index is 1.50. The molecule has 3 aliphatic rings. The molecule has 1 aromatic carbocycles. The van der Waals surface area contributed by atoms with Gasteiger partial charge in [0.1, 0.15) is 11.9 Å². The van der Waals surface area contributed by atoms with E-state index >= 15 is 0 Å². The number of piperazine rings is 1. The third-order valence-corrected chi connectivity index (χ3v) is 9.28. The number of likely N-dealkylation sites (tertiary alicyclic amines) is 1. The maximum absolute atomic E-state index is 14.0. The SMILES string of the molecule is CC[C@H]1CN(C(=O)N[C@H](Cc2ccc(F)cc2)C(=O)N2CCC(C(=O)NC(C)(C)C)(C3CCCCC3)CC2)CCN1. The molecule has 1 saturated carbocycles. The van der Waals surface area contributed by atoms with Crippen LogP contribution in [0.5, 0.6) is 0 Å². The molecule has 0 spiro atoms. The second kappa shape index (κ2) is 13.5. The molecular weight excluding hydrogens is 521 g/mol. The van der Waals surface area contributed by atoms with Gasteiger partial charge in [0.2, 0.25) is 11.8 Å². The van der Waals surface area contributed by atoms with E-state index in [9.17, 15) is 18.8 Å². The van der Waals surface area contributed by atoms with E-state index in [1.807, 2.05) is 25.7 Å². The summed E-state index contributed by atoms with van der Waals surface area (Å²) in [4.78, 5) is 44.7. The van der Waals surface area contributed by atoms with Gasteiger partial charge in [0, 0.05) is 50.7 Å². The van der Waals surface area contributed by atoms with E-state index in [0.29, 0.717) is 51.5 Å². The quantitative estimate of drug-likeness (QED) is 0.457. The van der Waals surface area contributed by atoms with Crippen LogP contribution in [0, 0.1) is 17.2 Å². The van der Waals surface area contributed by atoms with Crippen molar-refractivity contribution in [2.45, 2.75) is 103 Å². The maximum Gasteiger partial charge on any atom is 0.318 e. The van der Waals surface area contributed by atoms with Gasteiger partial charge in [0.25, 0.3) is 0 Å². The second-order valence-corrected chi connectivity index (χ2v) is 13.4. The van der Waals surface area contributed by atoms with Crippen LogP contribution in [0.2, 0.25) is 0 Å². The first-order chi connectivity index (χ1) is 19.5. The third kappa shape index (κ3) is 7.99. The van der Waals surface area contributed by atoms with Gasteiger partial charge in [-0.05, 0) is 76.5 Å². The van der Waals surface area contributed by atoms with E-state index in [1.165, 1.54) is 18.6 Å². The predicted molar refractivity (Wildman–Crippen MR) is 159 cm³/mol. The molecule has 0 aromatic heterocycles. The van der Waals surface area contributed by atoms with E-state index < -0.39 is 11.5 Å². The Labute approximate surface area is 245 Å². The number of nitrogens with zero attached hydrogens (tertiary/aromatic N) is 2. The van der Waals surface area contributed by atoms with Gasteiger partial charge in [-0.2, -0.15) is 0 Å². The molecule has 2 heterocycles. The normalized spacial score (nSPS) is 22.6. The molecule has 4 amide bonds. The number of urea groups is 1. The first-order valence-electron chi connectivity index (χ1n) is 15.7. The zero-order chi connectivity index (χ0) is 29.6. The molecule has 1 aliphatic carbocycles. The highest BCUT2D eigenvalue weighted by Crippen LogP contribution is 2.46. The van der Waals surface area contributed by atoms with Crippen LogP contribution in [0.15, 0.2) is 24.3 Å². The second-order valence-electron chi connectivity index (χ2n) is 13.4. The van der Waals surface area contributed by atoms with Crippen molar-refractivity contribution in [1.29, 1.82) is 0 Å². The van der Waals surface area contributed by atoms with Crippen LogP contribution in [0.1, 0.15) is 84.6 Å². The molecule has 9 heteroatoms. The van der Waals surface area contributed by atoms with Crippen molar-refractivity contribution < 1.29 is 18.8 Å². The average molecular weight is 572 g/mol. The van der Waals surface area contributed by atoms with Crippen molar-refractivity contribution in [2.24, 2.45) is 11.3 Å². The van der Waals surface area contributed by atoms with Gasteiger partial charge in [-0.3, -0.25) is 9.59 Å². The molecule has 1 aromatic rings. The van der Waals surface area contributed by atoms with Crippen LogP contribution in [-0.4, -0.2) is 78.0 Å². The number of amides is 4. The predicted octanol–water partition coefficient (Wildman–Crippen LogP) is 4.23. The van der Waals surface area contributed by atoms with E-state index in [-0.39, 0.29) is 41.7 Å². The molecule has 8 nitrogen and oxygen atoms in total. The van der Waals surface area contributed by atoms with Gasteiger partial charge in [0.05, 0.1) is 5.41 Å². The van der Waals surface area contributed by atoms with Crippen LogP contribution >= 0.6 is 0 Å². The Morgan fingerprint density at radius 3 is 2.29 bits per heavy atom. The van der Waals surface area contributed by atoms with E-state index in [1.54, 1.807) is 17.0 Å². The summed E-state index contributed by atoms with van der Waals surface area (Å²) in [5.41, 5.74) is -0.0115. The fourth-order valence-corrected chi connectivity index (χ4v) is 6.87. The summed E-state index contributed by atoms with van der Waals surface area (Å²) < 4.78 is 13.6. The molecule has 2 aliphatic heterocycles. The summed E-state index contributed by atoms with van der Waals surface area (Å²) in [5.74, 6) is -0.0387. The lowest BCUT2D eigenvalue weighted by atomic mass is 9.63. The molecule has 4 rings (SSSR count). The number of nitrogens with one attached hydrogen (secondary N) is 3. The fraction of sp³-hybridized carbons (Fsp3) is 0.719. The lowest BCUT2D eigenvalue weighted by molar-refractivity contribution is -0.147. The Morgan fingerprint density at radius 1 is 1.02 bits per heavy atom. The molecule has 2 atom stereocenters. The average Bonchev–Trinajstić information content (AvgIpc) is 2.97. The highest BCUT2D eigenvalue weighted by Gasteiger charge is 2.49. The lowest BCUT2D eigenvalue weighted by Crippen LogP contribution is -2.60. The van der Waals surface area contributed by atoms with Crippen molar-refractivity contribution >= 4 is 17.8 Å². The van der Waals surface area contributed by atoms with E-state index in [4.69, 9.17) is 0 Å². The number of carbonyl (C=O) groups excluding carboxylic acids is 3. The summed E-state index contributed by atoms with van der Waals surface area (Å²) in [7, 11) is 0. The number of rotatable bonds is 7.